The number of pyridine rings is 1. The first kappa shape index (κ1) is 15.6. The van der Waals surface area contributed by atoms with E-state index in [0.29, 0.717) is 30.4 Å². The van der Waals surface area contributed by atoms with Gasteiger partial charge in [-0.05, 0) is 38.3 Å². The summed E-state index contributed by atoms with van der Waals surface area (Å²) in [4.78, 5) is 23.4. The molecular formula is C16H21N5O2. The number of H-pyrrole nitrogens is 1. The molecule has 0 spiro atoms. The summed E-state index contributed by atoms with van der Waals surface area (Å²) in [5.41, 5.74) is 1.50. The zero-order chi connectivity index (χ0) is 16.2. The predicted octanol–water partition coefficient (Wildman–Crippen LogP) is 2.02. The molecule has 23 heavy (non-hydrogen) atoms. The van der Waals surface area contributed by atoms with Crippen molar-refractivity contribution in [2.45, 2.75) is 38.8 Å². The Morgan fingerprint density at radius 2 is 2.30 bits per heavy atom. The lowest BCUT2D eigenvalue weighted by Crippen LogP contribution is -2.39. The molecule has 0 aliphatic carbocycles. The van der Waals surface area contributed by atoms with E-state index in [1.54, 1.807) is 13.3 Å². The zero-order valence-electron chi connectivity index (χ0n) is 13.5. The summed E-state index contributed by atoms with van der Waals surface area (Å²) in [5, 5.41) is 7.15. The van der Waals surface area contributed by atoms with E-state index in [9.17, 15) is 4.79 Å². The van der Waals surface area contributed by atoms with Gasteiger partial charge in [0.1, 0.15) is 6.61 Å². The summed E-state index contributed by atoms with van der Waals surface area (Å²) < 4.78 is 5.06. The third-order valence-electron chi connectivity index (χ3n) is 4.05. The molecule has 2 aromatic rings. The number of carbonyl (C=O) groups is 1. The van der Waals surface area contributed by atoms with Crippen LogP contribution in [0.1, 0.15) is 53.0 Å². The van der Waals surface area contributed by atoms with Gasteiger partial charge in [0.05, 0.1) is 11.6 Å². The maximum absolute atomic E-state index is 12.8. The van der Waals surface area contributed by atoms with E-state index in [-0.39, 0.29) is 11.9 Å². The molecule has 0 radical (unpaired) electrons. The number of hydrogen-bond acceptors (Lipinski definition) is 5. The molecule has 122 valence electrons. The lowest BCUT2D eigenvalue weighted by molar-refractivity contribution is 0.0599. The molecule has 1 aliphatic rings. The van der Waals surface area contributed by atoms with Crippen LogP contribution in [-0.4, -0.2) is 44.6 Å². The highest BCUT2D eigenvalue weighted by Crippen LogP contribution is 2.30. The Balaban J connectivity index is 1.82. The molecule has 1 atom stereocenters. The van der Waals surface area contributed by atoms with Crippen LogP contribution in [0.4, 0.5) is 0 Å². The highest BCUT2D eigenvalue weighted by atomic mass is 16.5. The number of aryl methyl sites for hydroxylation is 1. The normalized spacial score (nSPS) is 18.2. The van der Waals surface area contributed by atoms with Crippen LogP contribution < -0.4 is 0 Å². The van der Waals surface area contributed by atoms with Crippen molar-refractivity contribution in [3.8, 4) is 0 Å². The van der Waals surface area contributed by atoms with Gasteiger partial charge in [0.2, 0.25) is 0 Å². The Hall–Kier alpha value is -2.28. The summed E-state index contributed by atoms with van der Waals surface area (Å²) >= 11 is 0. The van der Waals surface area contributed by atoms with Crippen molar-refractivity contribution >= 4 is 5.91 Å². The standard InChI is InChI=1S/C16H21N5O2/c1-11-6-7-12(9-17-11)16(22)21-8-4-3-5-13(21)15-18-14(10-23-2)19-20-15/h6-7,9,13H,3-5,8,10H2,1-2H3,(H,18,19,20). The van der Waals surface area contributed by atoms with Crippen molar-refractivity contribution in [2.24, 2.45) is 0 Å². The average molecular weight is 315 g/mol. The summed E-state index contributed by atoms with van der Waals surface area (Å²) in [5.74, 6) is 1.32. The smallest absolute Gasteiger partial charge is 0.256 e. The van der Waals surface area contributed by atoms with Crippen molar-refractivity contribution in [3.05, 3.63) is 41.2 Å². The van der Waals surface area contributed by atoms with Gasteiger partial charge in [-0.15, -0.1) is 0 Å². The van der Waals surface area contributed by atoms with Crippen molar-refractivity contribution in [2.75, 3.05) is 13.7 Å². The minimum absolute atomic E-state index is 0.0136. The highest BCUT2D eigenvalue weighted by molar-refractivity contribution is 5.94. The maximum atomic E-state index is 12.8. The van der Waals surface area contributed by atoms with Crippen LogP contribution in [0, 0.1) is 6.92 Å². The molecule has 1 fully saturated rings. The summed E-state index contributed by atoms with van der Waals surface area (Å²) in [6.45, 7) is 3.00. The lowest BCUT2D eigenvalue weighted by atomic mass is 10.0. The molecule has 3 heterocycles. The first-order chi connectivity index (χ1) is 11.2. The lowest BCUT2D eigenvalue weighted by Gasteiger charge is -2.34. The van der Waals surface area contributed by atoms with Crippen molar-refractivity contribution in [1.82, 2.24) is 25.1 Å². The molecule has 1 amide bonds. The second-order valence-corrected chi connectivity index (χ2v) is 5.77. The summed E-state index contributed by atoms with van der Waals surface area (Å²) in [7, 11) is 1.61. The second kappa shape index (κ2) is 6.87. The van der Waals surface area contributed by atoms with Gasteiger partial charge in [0.15, 0.2) is 11.6 Å². The van der Waals surface area contributed by atoms with Crippen LogP contribution in [0.3, 0.4) is 0 Å². The molecule has 2 aromatic heterocycles. The Morgan fingerprint density at radius 3 is 3.04 bits per heavy atom. The van der Waals surface area contributed by atoms with Gasteiger partial charge in [-0.1, -0.05) is 0 Å². The number of aromatic amines is 1. The SMILES string of the molecule is COCc1nc(C2CCCCN2C(=O)c2ccc(C)nc2)n[nH]1. The van der Waals surface area contributed by atoms with Crippen LogP contribution in [0.25, 0.3) is 0 Å². The number of piperidine rings is 1. The van der Waals surface area contributed by atoms with E-state index in [4.69, 9.17) is 4.74 Å². The molecule has 3 rings (SSSR count). The Morgan fingerprint density at radius 1 is 1.43 bits per heavy atom. The minimum Gasteiger partial charge on any atom is -0.377 e. The Bertz CT molecular complexity index is 667. The topological polar surface area (TPSA) is 84.0 Å². The van der Waals surface area contributed by atoms with Gasteiger partial charge in [-0.2, -0.15) is 5.10 Å². The molecule has 1 unspecified atom stereocenters. The van der Waals surface area contributed by atoms with E-state index < -0.39 is 0 Å². The van der Waals surface area contributed by atoms with Crippen molar-refractivity contribution < 1.29 is 9.53 Å². The molecule has 1 saturated heterocycles. The third kappa shape index (κ3) is 3.39. The molecule has 0 saturated carbocycles. The first-order valence-corrected chi connectivity index (χ1v) is 7.83. The summed E-state index contributed by atoms with van der Waals surface area (Å²) in [6, 6.07) is 3.58. The second-order valence-electron chi connectivity index (χ2n) is 5.77. The number of nitrogens with zero attached hydrogens (tertiary/aromatic N) is 4. The molecule has 1 N–H and O–H groups in total. The Labute approximate surface area is 135 Å². The van der Waals surface area contributed by atoms with Gasteiger partial charge in [0, 0.05) is 25.5 Å². The fourth-order valence-electron chi connectivity index (χ4n) is 2.86. The molecule has 1 aliphatic heterocycles. The van der Waals surface area contributed by atoms with Crippen LogP contribution in [-0.2, 0) is 11.3 Å². The van der Waals surface area contributed by atoms with Gasteiger partial charge < -0.3 is 9.64 Å². The maximum Gasteiger partial charge on any atom is 0.256 e. The Kier molecular flexibility index (Phi) is 4.66. The van der Waals surface area contributed by atoms with Gasteiger partial charge in [-0.3, -0.25) is 14.9 Å². The first-order valence-electron chi connectivity index (χ1n) is 7.83. The number of rotatable bonds is 4. The number of methoxy groups -OCH3 is 1. The molecule has 7 heteroatoms. The number of amides is 1. The number of ether oxygens (including phenoxy) is 1. The fourth-order valence-corrected chi connectivity index (χ4v) is 2.86. The van der Waals surface area contributed by atoms with Crippen LogP contribution in [0.5, 0.6) is 0 Å². The molecule has 7 nitrogen and oxygen atoms in total. The average Bonchev–Trinajstić information content (AvgIpc) is 3.04. The highest BCUT2D eigenvalue weighted by Gasteiger charge is 2.31. The summed E-state index contributed by atoms with van der Waals surface area (Å²) in [6.07, 6.45) is 4.57. The van der Waals surface area contributed by atoms with E-state index in [1.807, 2.05) is 24.0 Å². The number of hydrogen-bond donors (Lipinski definition) is 1. The van der Waals surface area contributed by atoms with Crippen molar-refractivity contribution in [3.63, 3.8) is 0 Å². The van der Waals surface area contributed by atoms with Gasteiger partial charge in [0.25, 0.3) is 5.91 Å². The third-order valence-corrected chi connectivity index (χ3v) is 4.05. The fraction of sp³-hybridized carbons (Fsp3) is 0.500. The number of likely N-dealkylation sites (tertiary alicyclic amines) is 1. The number of aromatic nitrogens is 4. The predicted molar refractivity (Wildman–Crippen MR) is 83.7 cm³/mol. The van der Waals surface area contributed by atoms with E-state index in [1.165, 1.54) is 0 Å². The minimum atomic E-state index is -0.0978. The van der Waals surface area contributed by atoms with Crippen LogP contribution in [0.15, 0.2) is 18.3 Å². The van der Waals surface area contributed by atoms with E-state index in [2.05, 4.69) is 20.2 Å². The largest absolute Gasteiger partial charge is 0.377 e. The van der Waals surface area contributed by atoms with Crippen LogP contribution >= 0.6 is 0 Å². The monoisotopic (exact) mass is 315 g/mol. The molecule has 0 aromatic carbocycles. The molecular weight excluding hydrogens is 294 g/mol. The zero-order valence-corrected chi connectivity index (χ0v) is 13.5. The molecule has 0 bridgehead atoms. The van der Waals surface area contributed by atoms with Gasteiger partial charge in [-0.25, -0.2) is 4.98 Å². The number of carbonyl (C=O) groups excluding carboxylic acids is 1. The quantitative estimate of drug-likeness (QED) is 0.933. The van der Waals surface area contributed by atoms with Gasteiger partial charge >= 0.3 is 0 Å². The number of nitrogens with one attached hydrogen (secondary N) is 1. The van der Waals surface area contributed by atoms with Crippen LogP contribution in [0.2, 0.25) is 0 Å². The van der Waals surface area contributed by atoms with E-state index >= 15 is 0 Å². The van der Waals surface area contributed by atoms with Crippen molar-refractivity contribution in [1.29, 1.82) is 0 Å². The van der Waals surface area contributed by atoms with E-state index in [0.717, 1.165) is 25.0 Å².